The Kier molecular flexibility index (Phi) is 22.9. The van der Waals surface area contributed by atoms with Gasteiger partial charge >= 0.3 is 6.15 Å². The molecule has 0 radical (unpaired) electrons. The summed E-state index contributed by atoms with van der Waals surface area (Å²) >= 11 is 9.53. The molecule has 0 unspecified atom stereocenters. The summed E-state index contributed by atoms with van der Waals surface area (Å²) < 4.78 is 26.8. The molecule has 286 valence electrons. The molecule has 0 spiro atoms. The minimum absolute atomic E-state index is 0. The number of carbonyl (C=O) groups excluding carboxylic acids is 5. The van der Waals surface area contributed by atoms with Gasteiger partial charge < -0.3 is 20.9 Å². The largest absolute Gasteiger partial charge is 0.373 e. The molecule has 2 saturated carbocycles. The summed E-state index contributed by atoms with van der Waals surface area (Å²) in [7, 11) is 0. The number of hydrogen-bond donors (Lipinski definition) is 3. The van der Waals surface area contributed by atoms with E-state index in [1.165, 1.54) is 31.4 Å². The molecular weight excluding hydrogens is 701 g/mol. The van der Waals surface area contributed by atoms with Crippen LogP contribution in [0.1, 0.15) is 90.6 Å². The Morgan fingerprint density at radius 3 is 1.53 bits per heavy atom. The molecule has 4 fully saturated rings. The molecule has 51 heavy (non-hydrogen) atoms. The number of nitrogens with one attached hydrogen (secondary N) is 3. The predicted octanol–water partition coefficient (Wildman–Crippen LogP) is 8.46. The van der Waals surface area contributed by atoms with E-state index in [-0.39, 0.29) is 49.7 Å². The average Bonchev–Trinajstić information content (AvgIpc) is 3.99. The van der Waals surface area contributed by atoms with Crippen LogP contribution in [0.25, 0.3) is 0 Å². The van der Waals surface area contributed by atoms with Gasteiger partial charge in [-0.2, -0.15) is 9.59 Å². The van der Waals surface area contributed by atoms with Crippen molar-refractivity contribution in [2.75, 3.05) is 42.2 Å². The molecule has 0 bridgehead atoms. The van der Waals surface area contributed by atoms with Crippen molar-refractivity contribution in [2.24, 2.45) is 17.8 Å². The summed E-state index contributed by atoms with van der Waals surface area (Å²) in [5.41, 5.74) is 2.19. The molecule has 2 aromatic carbocycles. The van der Waals surface area contributed by atoms with E-state index in [1.807, 2.05) is 4.90 Å². The summed E-state index contributed by atoms with van der Waals surface area (Å²) in [6, 6.07) is 9.51. The first-order valence-electron chi connectivity index (χ1n) is 17.2. The zero-order valence-corrected chi connectivity index (χ0v) is 30.5. The third kappa shape index (κ3) is 19.7. The Bertz CT molecular complexity index is 1390. The smallest absolute Gasteiger partial charge is 0.342 e. The van der Waals surface area contributed by atoms with Crippen LogP contribution >= 0.6 is 23.2 Å². The summed E-state index contributed by atoms with van der Waals surface area (Å²) in [6.45, 7) is 6.88. The fraction of sp³-hybridized carbons (Fsp3) is 0.579. The quantitative estimate of drug-likeness (QED) is 0.244. The van der Waals surface area contributed by atoms with Gasteiger partial charge in [0.15, 0.2) is 0 Å². The first kappa shape index (κ1) is 45.7. The number of carbonyl (C=O) groups is 3. The van der Waals surface area contributed by atoms with Gasteiger partial charge in [-0.05, 0) is 113 Å². The fourth-order valence-corrected chi connectivity index (χ4v) is 5.32. The van der Waals surface area contributed by atoms with Crippen molar-refractivity contribution in [2.45, 2.75) is 91.9 Å². The van der Waals surface area contributed by atoms with Crippen LogP contribution in [0.2, 0.25) is 0 Å². The molecule has 4 aliphatic rings. The first-order valence-corrected chi connectivity index (χ1v) is 18.3. The van der Waals surface area contributed by atoms with Gasteiger partial charge in [0, 0.05) is 44.7 Å². The molecule has 2 aromatic rings. The normalized spacial score (nSPS) is 16.2. The summed E-state index contributed by atoms with van der Waals surface area (Å²) in [5.74, 6) is 0.610. The second kappa shape index (κ2) is 25.6. The number of hydrogen-bond acceptors (Lipinski definition) is 6. The molecule has 6 rings (SSSR count). The van der Waals surface area contributed by atoms with Gasteiger partial charge in [-0.1, -0.05) is 38.8 Å². The third-order valence-electron chi connectivity index (χ3n) is 8.52. The minimum atomic E-state index is -0.310. The number of benzene rings is 2. The van der Waals surface area contributed by atoms with E-state index in [0.29, 0.717) is 53.1 Å². The molecule has 2 saturated heterocycles. The van der Waals surface area contributed by atoms with E-state index in [4.69, 9.17) is 32.8 Å². The van der Waals surface area contributed by atoms with Crippen LogP contribution in [0, 0.1) is 43.2 Å². The molecule has 0 aromatic heterocycles. The number of alkyl halides is 2. The summed E-state index contributed by atoms with van der Waals surface area (Å²) in [6.07, 6.45) is 11.6. The number of aryl methyl sites for hydroxylation is 2. The van der Waals surface area contributed by atoms with Crippen molar-refractivity contribution in [3.8, 4) is 0 Å². The Labute approximate surface area is 313 Å². The van der Waals surface area contributed by atoms with Gasteiger partial charge in [0.1, 0.15) is 11.6 Å². The van der Waals surface area contributed by atoms with Crippen LogP contribution in [0.5, 0.6) is 0 Å². The zero-order valence-electron chi connectivity index (χ0n) is 29.0. The fourth-order valence-electron chi connectivity index (χ4n) is 5.32. The van der Waals surface area contributed by atoms with E-state index in [1.54, 1.807) is 38.1 Å². The number of piperidine rings is 2. The molecule has 2 heterocycles. The lowest BCUT2D eigenvalue weighted by molar-refractivity contribution is -0.191. The molecule has 2 aliphatic heterocycles. The van der Waals surface area contributed by atoms with Crippen LogP contribution in [-0.2, 0) is 24.0 Å². The van der Waals surface area contributed by atoms with E-state index >= 15 is 0 Å². The highest BCUT2D eigenvalue weighted by Gasteiger charge is 2.35. The summed E-state index contributed by atoms with van der Waals surface area (Å²) in [4.78, 5) is 54.1. The maximum absolute atomic E-state index is 13.5. The zero-order chi connectivity index (χ0) is 36.9. The van der Waals surface area contributed by atoms with Gasteiger partial charge in [-0.3, -0.25) is 14.4 Å². The van der Waals surface area contributed by atoms with Gasteiger partial charge in [-0.25, -0.2) is 8.78 Å². The average molecular weight is 758 g/mol. The Hall–Kier alpha value is -3.37. The summed E-state index contributed by atoms with van der Waals surface area (Å²) in [5, 5.41) is 8.98. The lowest BCUT2D eigenvalue weighted by Crippen LogP contribution is -2.40. The van der Waals surface area contributed by atoms with Crippen LogP contribution < -0.4 is 16.0 Å². The van der Waals surface area contributed by atoms with Gasteiger partial charge in [0.25, 0.3) is 0 Å². The highest BCUT2D eigenvalue weighted by atomic mass is 35.5. The van der Waals surface area contributed by atoms with Crippen LogP contribution in [0.15, 0.2) is 36.4 Å². The molecule has 9 nitrogen and oxygen atoms in total. The third-order valence-corrected chi connectivity index (χ3v) is 8.52. The maximum atomic E-state index is 13.5. The van der Waals surface area contributed by atoms with Crippen molar-refractivity contribution in [3.05, 3.63) is 59.2 Å². The lowest BCUT2D eigenvalue weighted by atomic mass is 9.93. The molecular formula is C38H56Cl2F2N4O5. The van der Waals surface area contributed by atoms with Gasteiger partial charge in [-0.15, -0.1) is 23.2 Å². The Morgan fingerprint density at radius 2 is 1.18 bits per heavy atom. The lowest BCUT2D eigenvalue weighted by Gasteiger charge is -2.31. The Morgan fingerprint density at radius 1 is 0.784 bits per heavy atom. The van der Waals surface area contributed by atoms with E-state index in [0.717, 1.165) is 64.7 Å². The molecule has 3 N–H and O–H groups in total. The number of amides is 3. The second-order valence-corrected chi connectivity index (χ2v) is 13.7. The number of likely N-dealkylation sites (tertiary alicyclic amines) is 1. The van der Waals surface area contributed by atoms with Crippen molar-refractivity contribution in [3.63, 3.8) is 0 Å². The van der Waals surface area contributed by atoms with E-state index in [2.05, 4.69) is 16.0 Å². The van der Waals surface area contributed by atoms with Gasteiger partial charge in [0.2, 0.25) is 17.7 Å². The van der Waals surface area contributed by atoms with Crippen molar-refractivity contribution < 1.29 is 34.2 Å². The van der Waals surface area contributed by atoms with Crippen LogP contribution in [-0.4, -0.2) is 60.3 Å². The number of nitrogens with zero attached hydrogens (tertiary/aromatic N) is 1. The molecule has 0 atom stereocenters. The predicted molar refractivity (Wildman–Crippen MR) is 201 cm³/mol. The van der Waals surface area contributed by atoms with Crippen molar-refractivity contribution in [1.82, 2.24) is 10.2 Å². The molecule has 13 heteroatoms. The number of anilines is 2. The van der Waals surface area contributed by atoms with Crippen molar-refractivity contribution >= 4 is 58.4 Å². The topological polar surface area (TPSA) is 125 Å². The second-order valence-electron chi connectivity index (χ2n) is 12.9. The van der Waals surface area contributed by atoms with Crippen molar-refractivity contribution in [1.29, 1.82) is 0 Å². The Balaban J connectivity index is 0.000000798. The van der Waals surface area contributed by atoms with E-state index < -0.39 is 0 Å². The minimum Gasteiger partial charge on any atom is -0.342 e. The molecule has 2 aliphatic carbocycles. The highest BCUT2D eigenvalue weighted by molar-refractivity contribution is 6.40. The SMILES string of the molecule is C.C1CC1.Cc1ccc(NC(=O)CC2CCN(C(=O)C3CC3)CC2)cc1F.Cc1ccc(NC(=O)CC2CCNCC2)cc1F.ClCCl.O=C=O.[HH]. The highest BCUT2D eigenvalue weighted by Crippen LogP contribution is 2.33. The monoisotopic (exact) mass is 756 g/mol. The first-order chi connectivity index (χ1) is 24.0. The van der Waals surface area contributed by atoms with Gasteiger partial charge in [0.05, 0.1) is 5.34 Å². The number of rotatable bonds is 7. The standard InChI is InChI=1S/C18H23FN2O2.C14H19FN2O.C3H6.CH2Cl2.CO2.CH4.H2/c1-12-2-5-15(11-16(12)19)20-17(22)10-13-6-8-21(9-7-13)18(23)14-3-4-14;1-10-2-3-12(9-13(10)15)17-14(18)8-11-4-6-16-7-5-11;1-2-3-1;2*2-1-3;;/h2,5,11,13-14H,3-4,6-10H2,1H3,(H,20,22);2-3,9,11,16H,4-8H2,1H3,(H,17,18);1-3H2;1H2;;1H4;1H. The maximum Gasteiger partial charge on any atom is 0.373 e. The van der Waals surface area contributed by atoms with E-state index in [9.17, 15) is 23.2 Å². The van der Waals surface area contributed by atoms with Crippen LogP contribution in [0.4, 0.5) is 20.2 Å². The number of halogens is 4. The molecule has 3 amide bonds. The van der Waals surface area contributed by atoms with Crippen LogP contribution in [0.3, 0.4) is 0 Å².